The number of nitrogens with zero attached hydrogens (tertiary/aromatic N) is 5. The van der Waals surface area contributed by atoms with Gasteiger partial charge >= 0.3 is 0 Å². The number of aromatic nitrogens is 4. The lowest BCUT2D eigenvalue weighted by molar-refractivity contribution is 0.122. The van der Waals surface area contributed by atoms with Crippen LogP contribution < -0.4 is 20.1 Å². The molecule has 5 aromatic rings. The monoisotopic (exact) mass is 609 g/mol. The van der Waals surface area contributed by atoms with Crippen molar-refractivity contribution in [2.45, 2.75) is 4.90 Å². The molecule has 1 fully saturated rings. The van der Waals surface area contributed by atoms with E-state index in [4.69, 9.17) is 20.2 Å². The summed E-state index contributed by atoms with van der Waals surface area (Å²) in [5, 5.41) is 0.483. The molecule has 6 rings (SSSR count). The van der Waals surface area contributed by atoms with E-state index in [9.17, 15) is 8.78 Å². The number of nitrogens with one attached hydrogen (secondary N) is 1. The molecule has 3 heterocycles. The molecule has 3 N–H and O–H groups in total. The molecule has 0 unspecified atom stereocenters. The van der Waals surface area contributed by atoms with Crippen molar-refractivity contribution in [1.29, 1.82) is 0 Å². The zero-order chi connectivity index (χ0) is 30.1. The lowest BCUT2D eigenvalue weighted by Crippen LogP contribution is -2.37. The number of methoxy groups -OCH3 is 1. The second-order valence-electron chi connectivity index (χ2n) is 9.41. The third-order valence-corrected chi connectivity index (χ3v) is 7.68. The van der Waals surface area contributed by atoms with Gasteiger partial charge in [0.15, 0.2) is 11.6 Å². The van der Waals surface area contributed by atoms with Crippen molar-refractivity contribution in [3.8, 4) is 28.3 Å². The molecule has 0 bridgehead atoms. The molecule has 0 radical (unpaired) electrons. The van der Waals surface area contributed by atoms with E-state index >= 15 is 8.78 Å². The highest BCUT2D eigenvalue weighted by Crippen LogP contribution is 2.40. The van der Waals surface area contributed by atoms with Gasteiger partial charge in [-0.05, 0) is 53.9 Å². The number of hydrogen-bond donors (Lipinski definition) is 2. The van der Waals surface area contributed by atoms with Crippen molar-refractivity contribution >= 4 is 40.3 Å². The number of hydrogen-bond acceptors (Lipinski definition) is 10. The Hall–Kier alpha value is -4.69. The first-order chi connectivity index (χ1) is 20.8. The van der Waals surface area contributed by atoms with Crippen LogP contribution in [-0.4, -0.2) is 53.3 Å². The van der Waals surface area contributed by atoms with E-state index in [0.29, 0.717) is 66.4 Å². The zero-order valence-corrected chi connectivity index (χ0v) is 23.4. The molecule has 1 aliphatic heterocycles. The number of morpholine rings is 1. The fraction of sp³-hybridized carbons (Fsp3) is 0.172. The Labute approximate surface area is 247 Å². The molecule has 3 aromatic carbocycles. The topological polar surface area (TPSA) is 111 Å². The highest BCUT2D eigenvalue weighted by Gasteiger charge is 2.24. The molecule has 0 atom stereocenters. The lowest BCUT2D eigenvalue weighted by atomic mass is 10.0. The first-order valence-corrected chi connectivity index (χ1v) is 13.8. The Morgan fingerprint density at radius 1 is 0.930 bits per heavy atom. The number of ether oxygens (including phenoxy) is 2. The molecule has 2 aromatic heterocycles. The van der Waals surface area contributed by atoms with Gasteiger partial charge < -0.3 is 24.8 Å². The van der Waals surface area contributed by atoms with Crippen molar-refractivity contribution in [1.82, 2.24) is 19.9 Å². The number of halogens is 4. The number of nitrogen functional groups attached to an aromatic ring is 1. The summed E-state index contributed by atoms with van der Waals surface area (Å²) < 4.78 is 73.2. The van der Waals surface area contributed by atoms with E-state index in [1.807, 2.05) is 4.90 Å². The molecule has 9 nitrogen and oxygen atoms in total. The van der Waals surface area contributed by atoms with Crippen LogP contribution in [0.25, 0.3) is 33.4 Å². The number of anilines is 3. The van der Waals surface area contributed by atoms with Gasteiger partial charge in [0.25, 0.3) is 0 Å². The van der Waals surface area contributed by atoms with Crippen LogP contribution in [0.15, 0.2) is 59.8 Å². The Balaban J connectivity index is 1.49. The van der Waals surface area contributed by atoms with E-state index in [1.165, 1.54) is 31.6 Å². The maximum Gasteiger partial charge on any atom is 0.219 e. The summed E-state index contributed by atoms with van der Waals surface area (Å²) >= 11 is 0.539. The molecule has 1 saturated heterocycles. The largest absolute Gasteiger partial charge is 0.494 e. The third kappa shape index (κ3) is 5.58. The molecular weight excluding hydrogens is 586 g/mol. The fourth-order valence-electron chi connectivity index (χ4n) is 4.67. The van der Waals surface area contributed by atoms with Crippen LogP contribution in [0.4, 0.5) is 35.0 Å². The first kappa shape index (κ1) is 28.4. The summed E-state index contributed by atoms with van der Waals surface area (Å²) in [5.41, 5.74) is 6.16. The standard InChI is InChI=1S/C29H23F4N7O2S/c1-41-22-12-15(23-18(30)5-6-21(24(23)33)39-43-26-19(31)3-2-4-20(26)32)11-17-25(22)37-27(16-13-35-29(34)36-14-16)38-28(17)40-7-9-42-10-8-40/h2-6,11-14,39H,7-10H2,1H3,(H2,34,35,36). The number of nitrogens with two attached hydrogens (primary N) is 1. The van der Waals surface area contributed by atoms with Crippen LogP contribution in [0.3, 0.4) is 0 Å². The minimum Gasteiger partial charge on any atom is -0.494 e. The maximum absolute atomic E-state index is 15.9. The summed E-state index contributed by atoms with van der Waals surface area (Å²) in [6, 6.07) is 8.67. The van der Waals surface area contributed by atoms with Gasteiger partial charge in [-0.2, -0.15) is 0 Å². The molecule has 0 saturated carbocycles. The van der Waals surface area contributed by atoms with Crippen LogP contribution in [0.5, 0.6) is 5.75 Å². The summed E-state index contributed by atoms with van der Waals surface area (Å²) in [7, 11) is 1.42. The highest BCUT2D eigenvalue weighted by atomic mass is 32.2. The van der Waals surface area contributed by atoms with Gasteiger partial charge in [-0.25, -0.2) is 37.5 Å². The Kier molecular flexibility index (Phi) is 7.86. The molecule has 0 spiro atoms. The van der Waals surface area contributed by atoms with Crippen molar-refractivity contribution < 1.29 is 27.0 Å². The molecule has 43 heavy (non-hydrogen) atoms. The molecule has 220 valence electrons. The average molecular weight is 610 g/mol. The van der Waals surface area contributed by atoms with Gasteiger partial charge in [0.1, 0.15) is 34.5 Å². The highest BCUT2D eigenvalue weighted by molar-refractivity contribution is 8.00. The quantitative estimate of drug-likeness (QED) is 0.172. The normalized spacial score (nSPS) is 13.4. The van der Waals surface area contributed by atoms with Crippen molar-refractivity contribution in [2.24, 2.45) is 0 Å². The van der Waals surface area contributed by atoms with E-state index in [-0.39, 0.29) is 33.4 Å². The van der Waals surface area contributed by atoms with Gasteiger partial charge in [-0.15, -0.1) is 0 Å². The molecule has 1 aliphatic rings. The Morgan fingerprint density at radius 3 is 2.35 bits per heavy atom. The average Bonchev–Trinajstić information content (AvgIpc) is 3.01. The Morgan fingerprint density at radius 2 is 1.65 bits per heavy atom. The summed E-state index contributed by atoms with van der Waals surface area (Å²) in [5.74, 6) is -2.31. The van der Waals surface area contributed by atoms with Gasteiger partial charge in [-0.3, -0.25) is 0 Å². The second-order valence-corrected chi connectivity index (χ2v) is 10.2. The van der Waals surface area contributed by atoms with Crippen LogP contribution >= 0.6 is 11.9 Å². The van der Waals surface area contributed by atoms with Crippen LogP contribution in [0.1, 0.15) is 0 Å². The smallest absolute Gasteiger partial charge is 0.219 e. The van der Waals surface area contributed by atoms with E-state index in [1.54, 1.807) is 6.07 Å². The lowest BCUT2D eigenvalue weighted by Gasteiger charge is -2.29. The van der Waals surface area contributed by atoms with Crippen molar-refractivity contribution in [3.63, 3.8) is 0 Å². The van der Waals surface area contributed by atoms with Crippen LogP contribution in [-0.2, 0) is 4.74 Å². The molecular formula is C29H23F4N7O2S. The van der Waals surface area contributed by atoms with Gasteiger partial charge in [-0.1, -0.05) is 6.07 Å². The number of benzene rings is 3. The van der Waals surface area contributed by atoms with E-state index in [0.717, 1.165) is 24.3 Å². The Bertz CT molecular complexity index is 1800. The van der Waals surface area contributed by atoms with Crippen LogP contribution in [0, 0.1) is 23.3 Å². The second kappa shape index (κ2) is 11.9. The minimum atomic E-state index is -0.963. The molecule has 0 amide bonds. The summed E-state index contributed by atoms with van der Waals surface area (Å²) in [6.07, 6.45) is 3.00. The first-order valence-electron chi connectivity index (χ1n) is 13.0. The SMILES string of the molecule is COc1cc(-c2c(F)ccc(NSc3c(F)cccc3F)c2F)cc2c(N3CCOCC3)nc(-c3cnc(N)nc3)nc12. The summed E-state index contributed by atoms with van der Waals surface area (Å²) in [4.78, 5) is 19.2. The minimum absolute atomic E-state index is 0.0957. The number of fused-ring (bicyclic) bond motifs is 1. The molecule has 0 aliphatic carbocycles. The predicted molar refractivity (Wildman–Crippen MR) is 156 cm³/mol. The summed E-state index contributed by atoms with van der Waals surface area (Å²) in [6.45, 7) is 1.95. The predicted octanol–water partition coefficient (Wildman–Crippen LogP) is 5.86. The van der Waals surface area contributed by atoms with Gasteiger partial charge in [0, 0.05) is 30.9 Å². The van der Waals surface area contributed by atoms with Crippen LogP contribution in [0.2, 0.25) is 0 Å². The number of rotatable bonds is 7. The van der Waals surface area contributed by atoms with E-state index < -0.39 is 23.3 Å². The van der Waals surface area contributed by atoms with Gasteiger partial charge in [0.2, 0.25) is 5.95 Å². The fourth-order valence-corrected chi connectivity index (χ4v) is 5.37. The maximum atomic E-state index is 15.9. The zero-order valence-electron chi connectivity index (χ0n) is 22.6. The third-order valence-electron chi connectivity index (χ3n) is 6.77. The molecule has 14 heteroatoms. The van der Waals surface area contributed by atoms with E-state index in [2.05, 4.69) is 19.7 Å². The van der Waals surface area contributed by atoms with Crippen molar-refractivity contribution in [3.05, 3.63) is 78.1 Å². The van der Waals surface area contributed by atoms with Gasteiger partial charge in [0.05, 0.1) is 42.0 Å². The van der Waals surface area contributed by atoms with Crippen molar-refractivity contribution in [2.75, 3.05) is 48.8 Å².